The third kappa shape index (κ3) is 6.34. The third-order valence-corrected chi connectivity index (χ3v) is 4.33. The molecule has 1 aromatic heterocycles. The molecule has 1 atom stereocenters. The van der Waals surface area contributed by atoms with Crippen LogP contribution in [0.2, 0.25) is 0 Å². The van der Waals surface area contributed by atoms with E-state index in [2.05, 4.69) is 25.5 Å². The van der Waals surface area contributed by atoms with Gasteiger partial charge in [-0.3, -0.25) is 14.6 Å². The Kier molecular flexibility index (Phi) is 7.37. The van der Waals surface area contributed by atoms with Crippen LogP contribution in [0, 0.1) is 12.8 Å². The number of aryl methyl sites for hydroxylation is 1. The fourth-order valence-corrected chi connectivity index (χ4v) is 3.08. The minimum absolute atomic E-state index is 0.102. The summed E-state index contributed by atoms with van der Waals surface area (Å²) in [4.78, 5) is 33.7. The SMILES string of the molecule is CN=C(NCCC(=O)Nc1ccc(C)cn1)N1CCCC(CC(N)=O)C1. The molecule has 1 fully saturated rings. The standard InChI is InChI=1S/C18H28N6O2/c1-13-5-6-16(22-11-13)23-17(26)7-8-21-18(20-2)24-9-3-4-14(12-24)10-15(19)25/h5-6,11,14H,3-4,7-10,12H2,1-2H3,(H2,19,25)(H,20,21)(H,22,23,26). The summed E-state index contributed by atoms with van der Waals surface area (Å²) in [5.74, 6) is 1.20. The molecule has 4 N–H and O–H groups in total. The number of rotatable bonds is 6. The van der Waals surface area contributed by atoms with Crippen LogP contribution in [-0.4, -0.2) is 54.3 Å². The second kappa shape index (κ2) is 9.74. The van der Waals surface area contributed by atoms with Crippen molar-refractivity contribution >= 4 is 23.6 Å². The maximum Gasteiger partial charge on any atom is 0.227 e. The number of piperidine rings is 1. The average Bonchev–Trinajstić information content (AvgIpc) is 2.60. The Morgan fingerprint density at radius 3 is 2.88 bits per heavy atom. The number of aromatic nitrogens is 1. The Morgan fingerprint density at radius 2 is 2.23 bits per heavy atom. The van der Waals surface area contributed by atoms with Crippen LogP contribution < -0.4 is 16.4 Å². The van der Waals surface area contributed by atoms with Crippen molar-refractivity contribution < 1.29 is 9.59 Å². The van der Waals surface area contributed by atoms with Crippen LogP contribution in [0.3, 0.4) is 0 Å². The highest BCUT2D eigenvalue weighted by Gasteiger charge is 2.23. The summed E-state index contributed by atoms with van der Waals surface area (Å²) in [6, 6.07) is 3.69. The zero-order valence-corrected chi connectivity index (χ0v) is 15.5. The number of aliphatic imine (C=N–C) groups is 1. The van der Waals surface area contributed by atoms with Crippen molar-refractivity contribution in [1.82, 2.24) is 15.2 Å². The number of amides is 2. The Labute approximate surface area is 154 Å². The number of hydrogen-bond donors (Lipinski definition) is 3. The first-order chi connectivity index (χ1) is 12.5. The second-order valence-corrected chi connectivity index (χ2v) is 6.62. The molecule has 2 amide bonds. The summed E-state index contributed by atoms with van der Waals surface area (Å²) in [6.45, 7) is 4.06. The maximum atomic E-state index is 12.0. The summed E-state index contributed by atoms with van der Waals surface area (Å²) in [6.07, 6.45) is 4.43. The number of likely N-dealkylation sites (tertiary alicyclic amines) is 1. The first-order valence-electron chi connectivity index (χ1n) is 8.94. The highest BCUT2D eigenvalue weighted by atomic mass is 16.2. The first kappa shape index (κ1) is 19.7. The van der Waals surface area contributed by atoms with Crippen molar-refractivity contribution in [3.05, 3.63) is 23.9 Å². The number of anilines is 1. The van der Waals surface area contributed by atoms with Crippen molar-refractivity contribution in [2.24, 2.45) is 16.6 Å². The molecule has 8 nitrogen and oxygen atoms in total. The van der Waals surface area contributed by atoms with Gasteiger partial charge in [0, 0.05) is 45.7 Å². The fourth-order valence-electron chi connectivity index (χ4n) is 3.08. The van der Waals surface area contributed by atoms with Gasteiger partial charge in [-0.2, -0.15) is 0 Å². The fraction of sp³-hybridized carbons (Fsp3) is 0.556. The van der Waals surface area contributed by atoms with Gasteiger partial charge in [-0.1, -0.05) is 6.07 Å². The van der Waals surface area contributed by atoms with E-state index >= 15 is 0 Å². The number of pyridine rings is 1. The number of nitrogens with two attached hydrogens (primary N) is 1. The van der Waals surface area contributed by atoms with E-state index in [1.165, 1.54) is 0 Å². The number of primary amides is 1. The van der Waals surface area contributed by atoms with E-state index in [1.807, 2.05) is 13.0 Å². The normalized spacial score (nSPS) is 17.7. The number of carbonyl (C=O) groups is 2. The van der Waals surface area contributed by atoms with Crippen LogP contribution in [-0.2, 0) is 9.59 Å². The van der Waals surface area contributed by atoms with E-state index in [9.17, 15) is 9.59 Å². The number of nitrogens with zero attached hydrogens (tertiary/aromatic N) is 3. The number of carbonyl (C=O) groups excluding carboxylic acids is 2. The smallest absolute Gasteiger partial charge is 0.227 e. The van der Waals surface area contributed by atoms with Gasteiger partial charge < -0.3 is 21.3 Å². The third-order valence-electron chi connectivity index (χ3n) is 4.33. The molecule has 0 spiro atoms. The zero-order valence-electron chi connectivity index (χ0n) is 15.5. The van der Waals surface area contributed by atoms with Crippen molar-refractivity contribution in [3.63, 3.8) is 0 Å². The molecular formula is C18H28N6O2. The van der Waals surface area contributed by atoms with Crippen molar-refractivity contribution in [2.75, 3.05) is 32.0 Å². The summed E-state index contributed by atoms with van der Waals surface area (Å²) in [7, 11) is 1.72. The van der Waals surface area contributed by atoms with E-state index in [1.54, 1.807) is 19.3 Å². The molecule has 0 saturated carbocycles. The Hall–Kier alpha value is -2.64. The molecule has 0 aliphatic carbocycles. The largest absolute Gasteiger partial charge is 0.370 e. The van der Waals surface area contributed by atoms with Gasteiger partial charge in [0.1, 0.15) is 5.82 Å². The zero-order chi connectivity index (χ0) is 18.9. The topological polar surface area (TPSA) is 113 Å². The van der Waals surface area contributed by atoms with Gasteiger partial charge in [-0.05, 0) is 37.3 Å². The molecule has 8 heteroatoms. The van der Waals surface area contributed by atoms with Gasteiger partial charge in [-0.15, -0.1) is 0 Å². The number of nitrogens with one attached hydrogen (secondary N) is 2. The van der Waals surface area contributed by atoms with Gasteiger partial charge in [0.15, 0.2) is 5.96 Å². The van der Waals surface area contributed by atoms with Gasteiger partial charge in [0.2, 0.25) is 11.8 Å². The molecule has 142 valence electrons. The molecule has 1 aromatic rings. The molecule has 1 saturated heterocycles. The lowest BCUT2D eigenvalue weighted by Gasteiger charge is -2.34. The lowest BCUT2D eigenvalue weighted by atomic mass is 9.95. The van der Waals surface area contributed by atoms with Crippen LogP contribution in [0.4, 0.5) is 5.82 Å². The van der Waals surface area contributed by atoms with Gasteiger partial charge in [-0.25, -0.2) is 4.98 Å². The van der Waals surface area contributed by atoms with Crippen LogP contribution in [0.25, 0.3) is 0 Å². The summed E-state index contributed by atoms with van der Waals surface area (Å²) >= 11 is 0. The summed E-state index contributed by atoms with van der Waals surface area (Å²) in [5, 5.41) is 5.99. The highest BCUT2D eigenvalue weighted by molar-refractivity contribution is 5.90. The monoisotopic (exact) mass is 360 g/mol. The molecule has 1 aliphatic heterocycles. The second-order valence-electron chi connectivity index (χ2n) is 6.62. The molecule has 26 heavy (non-hydrogen) atoms. The lowest BCUT2D eigenvalue weighted by Crippen LogP contribution is -2.47. The quantitative estimate of drug-likeness (QED) is 0.515. The molecule has 0 radical (unpaired) electrons. The number of guanidine groups is 1. The molecule has 2 heterocycles. The minimum Gasteiger partial charge on any atom is -0.370 e. The Bertz CT molecular complexity index is 644. The average molecular weight is 360 g/mol. The minimum atomic E-state index is -0.263. The Balaban J connectivity index is 1.76. The van der Waals surface area contributed by atoms with Crippen LogP contribution in [0.5, 0.6) is 0 Å². The molecule has 2 rings (SSSR count). The van der Waals surface area contributed by atoms with Gasteiger partial charge in [0.25, 0.3) is 0 Å². The molecule has 0 bridgehead atoms. The van der Waals surface area contributed by atoms with Gasteiger partial charge in [0.05, 0.1) is 0 Å². The summed E-state index contributed by atoms with van der Waals surface area (Å²) in [5.41, 5.74) is 6.36. The van der Waals surface area contributed by atoms with Crippen molar-refractivity contribution in [2.45, 2.75) is 32.6 Å². The Morgan fingerprint density at radius 1 is 1.42 bits per heavy atom. The maximum absolute atomic E-state index is 12.0. The van der Waals surface area contributed by atoms with Crippen LogP contribution in [0.15, 0.2) is 23.3 Å². The van der Waals surface area contributed by atoms with Crippen molar-refractivity contribution in [1.29, 1.82) is 0 Å². The van der Waals surface area contributed by atoms with E-state index in [-0.39, 0.29) is 17.7 Å². The molecule has 0 aromatic carbocycles. The van der Waals surface area contributed by atoms with E-state index < -0.39 is 0 Å². The van der Waals surface area contributed by atoms with Gasteiger partial charge >= 0.3 is 0 Å². The van der Waals surface area contributed by atoms with E-state index in [0.29, 0.717) is 25.2 Å². The van der Waals surface area contributed by atoms with E-state index in [0.717, 1.165) is 37.5 Å². The predicted molar refractivity (Wildman–Crippen MR) is 102 cm³/mol. The molecule has 1 unspecified atom stereocenters. The van der Waals surface area contributed by atoms with Crippen LogP contribution in [0.1, 0.15) is 31.2 Å². The van der Waals surface area contributed by atoms with Crippen molar-refractivity contribution in [3.8, 4) is 0 Å². The van der Waals surface area contributed by atoms with Crippen LogP contribution >= 0.6 is 0 Å². The molecular weight excluding hydrogens is 332 g/mol. The van der Waals surface area contributed by atoms with E-state index in [4.69, 9.17) is 5.73 Å². The highest BCUT2D eigenvalue weighted by Crippen LogP contribution is 2.19. The predicted octanol–water partition coefficient (Wildman–Crippen LogP) is 0.881. The first-order valence-corrected chi connectivity index (χ1v) is 8.94. The number of hydrogen-bond acceptors (Lipinski definition) is 4. The summed E-state index contributed by atoms with van der Waals surface area (Å²) < 4.78 is 0. The lowest BCUT2D eigenvalue weighted by molar-refractivity contribution is -0.119. The molecule has 1 aliphatic rings.